The highest BCUT2D eigenvalue weighted by Gasteiger charge is 2.28. The lowest BCUT2D eigenvalue weighted by Gasteiger charge is -2.31. The van der Waals surface area contributed by atoms with E-state index < -0.39 is 5.97 Å². The van der Waals surface area contributed by atoms with E-state index in [2.05, 4.69) is 82.9 Å². The van der Waals surface area contributed by atoms with Gasteiger partial charge in [0.25, 0.3) is 0 Å². The van der Waals surface area contributed by atoms with Crippen LogP contribution >= 0.6 is 0 Å². The molecule has 156 valence electrons. The second kappa shape index (κ2) is 7.43. The average Bonchev–Trinajstić information content (AvgIpc) is 2.71. The molecule has 0 aromatic heterocycles. The van der Waals surface area contributed by atoms with Crippen LogP contribution in [0.15, 0.2) is 60.7 Å². The van der Waals surface area contributed by atoms with Crippen molar-refractivity contribution in [3.8, 4) is 23.0 Å². The van der Waals surface area contributed by atoms with Crippen molar-refractivity contribution in [1.82, 2.24) is 0 Å². The minimum atomic E-state index is -0.907. The standard InChI is InChI=1S/C29H28O2/c1-28(2,3)14-12-20-13-15-29(4,5)26-18-23-11-10-22(16-24(23)17-25(20)26)19-6-8-21(9-7-19)27(30)31/h6-11,13,16-18H,15H2,1-5H3,(H,30,31). The van der Waals surface area contributed by atoms with Crippen molar-refractivity contribution in [1.29, 1.82) is 0 Å². The third-order valence-electron chi connectivity index (χ3n) is 5.85. The predicted molar refractivity (Wildman–Crippen MR) is 129 cm³/mol. The lowest BCUT2D eigenvalue weighted by atomic mass is 9.72. The summed E-state index contributed by atoms with van der Waals surface area (Å²) in [6.45, 7) is 11.0. The van der Waals surface area contributed by atoms with Gasteiger partial charge in [-0.2, -0.15) is 0 Å². The molecule has 2 nitrogen and oxygen atoms in total. The van der Waals surface area contributed by atoms with Gasteiger partial charge in [0.05, 0.1) is 5.56 Å². The molecule has 1 aliphatic carbocycles. The van der Waals surface area contributed by atoms with Crippen LogP contribution in [0.2, 0.25) is 0 Å². The van der Waals surface area contributed by atoms with Crippen LogP contribution < -0.4 is 0 Å². The minimum absolute atomic E-state index is 0.0416. The molecule has 0 bridgehead atoms. The van der Waals surface area contributed by atoms with Gasteiger partial charge in [0, 0.05) is 11.0 Å². The van der Waals surface area contributed by atoms with Crippen molar-refractivity contribution >= 4 is 22.3 Å². The number of hydrogen-bond donors (Lipinski definition) is 1. The zero-order chi connectivity index (χ0) is 22.4. The molecule has 1 aliphatic rings. The summed E-state index contributed by atoms with van der Waals surface area (Å²) in [5.74, 6) is 5.92. The first-order chi connectivity index (χ1) is 14.5. The zero-order valence-corrected chi connectivity index (χ0v) is 18.8. The van der Waals surface area contributed by atoms with Crippen LogP contribution in [0.5, 0.6) is 0 Å². The van der Waals surface area contributed by atoms with Gasteiger partial charge >= 0.3 is 5.97 Å². The average molecular weight is 409 g/mol. The predicted octanol–water partition coefficient (Wildman–Crippen LogP) is 7.32. The van der Waals surface area contributed by atoms with Crippen LogP contribution in [0, 0.1) is 17.3 Å². The molecule has 1 N–H and O–H groups in total. The van der Waals surface area contributed by atoms with E-state index in [9.17, 15) is 4.79 Å². The highest BCUT2D eigenvalue weighted by atomic mass is 16.4. The van der Waals surface area contributed by atoms with E-state index in [0.29, 0.717) is 5.56 Å². The Hall–Kier alpha value is -3.31. The maximum atomic E-state index is 11.1. The van der Waals surface area contributed by atoms with Crippen molar-refractivity contribution in [2.75, 3.05) is 0 Å². The van der Waals surface area contributed by atoms with Gasteiger partial charge in [0.1, 0.15) is 0 Å². The Labute approximate surface area is 184 Å². The van der Waals surface area contributed by atoms with Crippen molar-refractivity contribution in [3.63, 3.8) is 0 Å². The van der Waals surface area contributed by atoms with Gasteiger partial charge < -0.3 is 5.11 Å². The molecule has 0 aliphatic heterocycles. The molecule has 31 heavy (non-hydrogen) atoms. The van der Waals surface area contributed by atoms with E-state index in [4.69, 9.17) is 5.11 Å². The van der Waals surface area contributed by atoms with Gasteiger partial charge in [-0.3, -0.25) is 0 Å². The van der Waals surface area contributed by atoms with Gasteiger partial charge in [-0.05, 0) is 96.0 Å². The topological polar surface area (TPSA) is 37.3 Å². The van der Waals surface area contributed by atoms with E-state index in [-0.39, 0.29) is 10.8 Å². The van der Waals surface area contributed by atoms with E-state index >= 15 is 0 Å². The monoisotopic (exact) mass is 408 g/mol. The normalized spacial score (nSPS) is 14.9. The van der Waals surface area contributed by atoms with Crippen LogP contribution in [-0.4, -0.2) is 11.1 Å². The van der Waals surface area contributed by atoms with Gasteiger partial charge in [0.2, 0.25) is 0 Å². The third kappa shape index (κ3) is 4.28. The number of carboxylic acid groups (broad SMARTS) is 1. The highest BCUT2D eigenvalue weighted by Crippen LogP contribution is 2.41. The third-order valence-corrected chi connectivity index (χ3v) is 5.85. The van der Waals surface area contributed by atoms with Crippen LogP contribution in [0.25, 0.3) is 27.5 Å². The largest absolute Gasteiger partial charge is 0.478 e. The van der Waals surface area contributed by atoms with Crippen molar-refractivity contribution in [2.24, 2.45) is 5.41 Å². The van der Waals surface area contributed by atoms with Crippen LogP contribution in [-0.2, 0) is 5.41 Å². The van der Waals surface area contributed by atoms with Gasteiger partial charge in [-0.1, -0.05) is 56.0 Å². The molecule has 3 aromatic carbocycles. The number of carbonyl (C=O) groups is 1. The Balaban J connectivity index is 1.83. The molecule has 0 spiro atoms. The van der Waals surface area contributed by atoms with E-state index in [0.717, 1.165) is 23.1 Å². The van der Waals surface area contributed by atoms with E-state index in [1.54, 1.807) is 12.1 Å². The van der Waals surface area contributed by atoms with Crippen molar-refractivity contribution < 1.29 is 9.90 Å². The molecule has 0 amide bonds. The van der Waals surface area contributed by atoms with Gasteiger partial charge in [-0.15, -0.1) is 0 Å². The maximum absolute atomic E-state index is 11.1. The van der Waals surface area contributed by atoms with E-state index in [1.807, 2.05) is 12.1 Å². The fourth-order valence-corrected chi connectivity index (χ4v) is 4.02. The maximum Gasteiger partial charge on any atom is 0.335 e. The Morgan fingerprint density at radius 2 is 1.61 bits per heavy atom. The number of benzene rings is 3. The fourth-order valence-electron chi connectivity index (χ4n) is 4.02. The number of aromatic carboxylic acids is 1. The molecule has 0 saturated carbocycles. The molecular weight excluding hydrogens is 380 g/mol. The first kappa shape index (κ1) is 20.9. The summed E-state index contributed by atoms with van der Waals surface area (Å²) in [6, 6.07) is 18.1. The lowest BCUT2D eigenvalue weighted by molar-refractivity contribution is 0.0697. The second-order valence-corrected chi connectivity index (χ2v) is 10.0. The second-order valence-electron chi connectivity index (χ2n) is 10.0. The molecule has 0 saturated heterocycles. The molecule has 2 heteroatoms. The van der Waals surface area contributed by atoms with Crippen LogP contribution in [0.1, 0.15) is 62.5 Å². The molecule has 0 unspecified atom stereocenters. The molecule has 3 aromatic rings. The number of fused-ring (bicyclic) bond motifs is 2. The first-order valence-corrected chi connectivity index (χ1v) is 10.7. The SMILES string of the molecule is CC(C)(C)C#CC1=CCC(C)(C)c2cc3ccc(-c4ccc(C(=O)O)cc4)cc3cc21. The molecule has 0 fully saturated rings. The molecule has 0 radical (unpaired) electrons. The Morgan fingerprint density at radius 1 is 0.935 bits per heavy atom. The molecule has 0 atom stereocenters. The van der Waals surface area contributed by atoms with Gasteiger partial charge in [0.15, 0.2) is 0 Å². The zero-order valence-electron chi connectivity index (χ0n) is 18.8. The lowest BCUT2D eigenvalue weighted by Crippen LogP contribution is -2.21. The minimum Gasteiger partial charge on any atom is -0.478 e. The van der Waals surface area contributed by atoms with Crippen LogP contribution in [0.4, 0.5) is 0 Å². The molecule has 4 rings (SSSR count). The summed E-state index contributed by atoms with van der Waals surface area (Å²) < 4.78 is 0. The summed E-state index contributed by atoms with van der Waals surface area (Å²) in [6.07, 6.45) is 3.26. The summed E-state index contributed by atoms with van der Waals surface area (Å²) in [5, 5.41) is 11.5. The van der Waals surface area contributed by atoms with Crippen LogP contribution in [0.3, 0.4) is 0 Å². The molecular formula is C29H28O2. The Bertz CT molecular complexity index is 1270. The van der Waals surface area contributed by atoms with Crippen molar-refractivity contribution in [2.45, 2.75) is 46.5 Å². The summed E-state index contributed by atoms with van der Waals surface area (Å²) in [4.78, 5) is 11.1. The van der Waals surface area contributed by atoms with E-state index in [1.165, 1.54) is 21.9 Å². The van der Waals surface area contributed by atoms with Crippen molar-refractivity contribution in [3.05, 3.63) is 77.4 Å². The highest BCUT2D eigenvalue weighted by molar-refractivity contribution is 5.95. The smallest absolute Gasteiger partial charge is 0.335 e. The Kier molecular flexibility index (Phi) is 5.02. The number of hydrogen-bond acceptors (Lipinski definition) is 1. The number of rotatable bonds is 2. The summed E-state index contributed by atoms with van der Waals surface area (Å²) in [7, 11) is 0. The fraction of sp³-hybridized carbons (Fsp3) is 0.276. The summed E-state index contributed by atoms with van der Waals surface area (Å²) in [5.41, 5.74) is 6.09. The first-order valence-electron chi connectivity index (χ1n) is 10.7. The quantitative estimate of drug-likeness (QED) is 0.451. The van der Waals surface area contributed by atoms with Gasteiger partial charge in [-0.25, -0.2) is 4.79 Å². The number of carboxylic acids is 1. The Morgan fingerprint density at radius 3 is 2.26 bits per heavy atom. The number of allylic oxidation sites excluding steroid dienone is 2. The summed E-state index contributed by atoms with van der Waals surface area (Å²) >= 11 is 0. The molecule has 0 heterocycles.